The second-order valence-electron chi connectivity index (χ2n) is 4.96. The van der Waals surface area contributed by atoms with Gasteiger partial charge in [-0.1, -0.05) is 6.92 Å². The highest BCUT2D eigenvalue weighted by Gasteiger charge is 2.17. The van der Waals surface area contributed by atoms with Gasteiger partial charge in [0.1, 0.15) is 5.56 Å². The Balaban J connectivity index is 2.65. The Morgan fingerprint density at radius 1 is 1.42 bits per heavy atom. The standard InChI is InChI=1S/C13H24N4O2/c1-5-17(8-6-7-15(2)3)10-12-11(13(18)19)9-14-16(12)4/h9H,5-8,10H2,1-4H3,(H,18,19). The van der Waals surface area contributed by atoms with Crippen LogP contribution in [0.1, 0.15) is 29.4 Å². The summed E-state index contributed by atoms with van der Waals surface area (Å²) < 4.78 is 1.65. The van der Waals surface area contributed by atoms with Crippen molar-refractivity contribution >= 4 is 5.97 Å². The molecule has 0 spiro atoms. The third-order valence-electron chi connectivity index (χ3n) is 3.19. The number of aryl methyl sites for hydroxylation is 1. The van der Waals surface area contributed by atoms with Crippen LogP contribution in [0, 0.1) is 0 Å². The number of hydrogen-bond donors (Lipinski definition) is 1. The first kappa shape index (κ1) is 15.7. The highest BCUT2D eigenvalue weighted by atomic mass is 16.4. The summed E-state index contributed by atoms with van der Waals surface area (Å²) in [5, 5.41) is 13.2. The van der Waals surface area contributed by atoms with Crippen molar-refractivity contribution in [3.8, 4) is 0 Å². The Labute approximate surface area is 114 Å². The zero-order valence-corrected chi connectivity index (χ0v) is 12.3. The van der Waals surface area contributed by atoms with E-state index in [2.05, 4.69) is 35.9 Å². The fraction of sp³-hybridized carbons (Fsp3) is 0.692. The molecule has 0 amide bonds. The lowest BCUT2D eigenvalue weighted by Gasteiger charge is -2.21. The molecule has 1 aromatic rings. The van der Waals surface area contributed by atoms with E-state index in [4.69, 9.17) is 5.11 Å². The van der Waals surface area contributed by atoms with Gasteiger partial charge in [-0.3, -0.25) is 9.58 Å². The predicted octanol–water partition coefficient (Wildman–Crippen LogP) is 0.892. The fourth-order valence-electron chi connectivity index (χ4n) is 2.00. The average molecular weight is 268 g/mol. The van der Waals surface area contributed by atoms with Gasteiger partial charge in [-0.15, -0.1) is 0 Å². The smallest absolute Gasteiger partial charge is 0.339 e. The monoisotopic (exact) mass is 268 g/mol. The molecule has 0 unspecified atom stereocenters. The minimum absolute atomic E-state index is 0.300. The van der Waals surface area contributed by atoms with Crippen molar-refractivity contribution < 1.29 is 9.90 Å². The molecule has 6 heteroatoms. The Bertz CT molecular complexity index is 415. The molecule has 1 rings (SSSR count). The number of carboxylic acid groups (broad SMARTS) is 1. The van der Waals surface area contributed by atoms with Crippen LogP contribution in [0.25, 0.3) is 0 Å². The van der Waals surface area contributed by atoms with Crippen molar-refractivity contribution in [3.63, 3.8) is 0 Å². The number of rotatable bonds is 8. The first-order valence-corrected chi connectivity index (χ1v) is 6.57. The molecule has 0 atom stereocenters. The SMILES string of the molecule is CCN(CCCN(C)C)Cc1c(C(=O)O)cnn1C. The van der Waals surface area contributed by atoms with Crippen LogP contribution in [0.15, 0.2) is 6.20 Å². The molecule has 0 radical (unpaired) electrons. The van der Waals surface area contributed by atoms with Gasteiger partial charge in [-0.05, 0) is 40.2 Å². The summed E-state index contributed by atoms with van der Waals surface area (Å²) in [7, 11) is 5.90. The minimum Gasteiger partial charge on any atom is -0.478 e. The third kappa shape index (κ3) is 4.65. The lowest BCUT2D eigenvalue weighted by Crippen LogP contribution is -2.28. The molecule has 0 bridgehead atoms. The molecule has 19 heavy (non-hydrogen) atoms. The van der Waals surface area contributed by atoms with Gasteiger partial charge in [0.25, 0.3) is 0 Å². The Hall–Kier alpha value is -1.40. The normalized spacial score (nSPS) is 11.5. The minimum atomic E-state index is -0.910. The van der Waals surface area contributed by atoms with Gasteiger partial charge in [0.15, 0.2) is 0 Å². The summed E-state index contributed by atoms with van der Waals surface area (Å²) in [6, 6.07) is 0. The second kappa shape index (κ2) is 7.25. The average Bonchev–Trinajstić information content (AvgIpc) is 2.69. The van der Waals surface area contributed by atoms with Gasteiger partial charge in [0, 0.05) is 13.6 Å². The first-order chi connectivity index (χ1) is 8.95. The predicted molar refractivity (Wildman–Crippen MR) is 74.3 cm³/mol. The van der Waals surface area contributed by atoms with Crippen molar-refractivity contribution in [3.05, 3.63) is 17.5 Å². The molecule has 108 valence electrons. The summed E-state index contributed by atoms with van der Waals surface area (Å²) >= 11 is 0. The molecule has 0 aromatic carbocycles. The van der Waals surface area contributed by atoms with Crippen LogP contribution >= 0.6 is 0 Å². The number of aromatic nitrogens is 2. The maximum absolute atomic E-state index is 11.1. The van der Waals surface area contributed by atoms with Crippen LogP contribution in [0.2, 0.25) is 0 Å². The summed E-state index contributed by atoms with van der Waals surface area (Å²) in [5.41, 5.74) is 1.06. The zero-order chi connectivity index (χ0) is 14.4. The molecule has 0 fully saturated rings. The molecule has 0 saturated heterocycles. The molecule has 1 aromatic heterocycles. The summed E-state index contributed by atoms with van der Waals surface area (Å²) in [4.78, 5) is 15.5. The number of hydrogen-bond acceptors (Lipinski definition) is 4. The van der Waals surface area contributed by atoms with Gasteiger partial charge in [-0.2, -0.15) is 5.10 Å². The third-order valence-corrected chi connectivity index (χ3v) is 3.19. The number of carboxylic acids is 1. The van der Waals surface area contributed by atoms with Gasteiger partial charge in [0.2, 0.25) is 0 Å². The summed E-state index contributed by atoms with van der Waals surface area (Å²) in [6.07, 6.45) is 2.49. The summed E-state index contributed by atoms with van der Waals surface area (Å²) in [5.74, 6) is -0.910. The quantitative estimate of drug-likeness (QED) is 0.759. The van der Waals surface area contributed by atoms with Crippen molar-refractivity contribution in [2.45, 2.75) is 19.9 Å². The Morgan fingerprint density at radius 2 is 2.11 bits per heavy atom. The van der Waals surface area contributed by atoms with Crippen LogP contribution < -0.4 is 0 Å². The maximum atomic E-state index is 11.1. The van der Waals surface area contributed by atoms with E-state index < -0.39 is 5.97 Å². The highest BCUT2D eigenvalue weighted by Crippen LogP contribution is 2.11. The Kier molecular flexibility index (Phi) is 5.98. The van der Waals surface area contributed by atoms with Gasteiger partial charge >= 0.3 is 5.97 Å². The fourth-order valence-corrected chi connectivity index (χ4v) is 2.00. The molecule has 0 aliphatic rings. The van der Waals surface area contributed by atoms with E-state index in [1.807, 2.05) is 0 Å². The largest absolute Gasteiger partial charge is 0.478 e. The van der Waals surface area contributed by atoms with Crippen LogP contribution in [0.5, 0.6) is 0 Å². The van der Waals surface area contributed by atoms with Crippen LogP contribution in [0.4, 0.5) is 0 Å². The van der Waals surface area contributed by atoms with Crippen molar-refractivity contribution in [2.24, 2.45) is 7.05 Å². The molecule has 6 nitrogen and oxygen atoms in total. The molecular weight excluding hydrogens is 244 g/mol. The molecular formula is C13H24N4O2. The number of carbonyl (C=O) groups is 1. The molecule has 1 N–H and O–H groups in total. The molecule has 0 saturated carbocycles. The van der Waals surface area contributed by atoms with Crippen LogP contribution in [-0.4, -0.2) is 64.4 Å². The van der Waals surface area contributed by atoms with E-state index in [1.165, 1.54) is 6.20 Å². The van der Waals surface area contributed by atoms with E-state index in [9.17, 15) is 4.79 Å². The zero-order valence-electron chi connectivity index (χ0n) is 12.3. The van der Waals surface area contributed by atoms with Gasteiger partial charge < -0.3 is 10.0 Å². The molecule has 0 aliphatic carbocycles. The summed E-state index contributed by atoms with van der Waals surface area (Å²) in [6.45, 7) is 5.61. The van der Waals surface area contributed by atoms with Crippen LogP contribution in [-0.2, 0) is 13.6 Å². The Morgan fingerprint density at radius 3 is 2.63 bits per heavy atom. The highest BCUT2D eigenvalue weighted by molar-refractivity contribution is 5.88. The van der Waals surface area contributed by atoms with E-state index in [0.717, 1.165) is 31.7 Å². The number of aromatic carboxylic acids is 1. The maximum Gasteiger partial charge on any atom is 0.339 e. The lowest BCUT2D eigenvalue weighted by atomic mass is 10.2. The lowest BCUT2D eigenvalue weighted by molar-refractivity contribution is 0.0694. The van der Waals surface area contributed by atoms with E-state index in [0.29, 0.717) is 12.1 Å². The topological polar surface area (TPSA) is 61.6 Å². The molecule has 1 heterocycles. The number of nitrogens with zero attached hydrogens (tertiary/aromatic N) is 4. The first-order valence-electron chi connectivity index (χ1n) is 6.57. The van der Waals surface area contributed by atoms with E-state index in [1.54, 1.807) is 11.7 Å². The van der Waals surface area contributed by atoms with Crippen molar-refractivity contribution in [1.29, 1.82) is 0 Å². The van der Waals surface area contributed by atoms with Gasteiger partial charge in [0.05, 0.1) is 11.9 Å². The van der Waals surface area contributed by atoms with Gasteiger partial charge in [-0.25, -0.2) is 4.79 Å². The van der Waals surface area contributed by atoms with Crippen molar-refractivity contribution in [2.75, 3.05) is 33.7 Å². The second-order valence-corrected chi connectivity index (χ2v) is 4.96. The van der Waals surface area contributed by atoms with Crippen molar-refractivity contribution in [1.82, 2.24) is 19.6 Å². The van der Waals surface area contributed by atoms with Crippen LogP contribution in [0.3, 0.4) is 0 Å². The van der Waals surface area contributed by atoms with E-state index >= 15 is 0 Å². The van der Waals surface area contributed by atoms with E-state index in [-0.39, 0.29) is 0 Å². The molecule has 0 aliphatic heterocycles.